The second-order valence-electron chi connectivity index (χ2n) is 6.26. The molecule has 0 aliphatic carbocycles. The van der Waals surface area contributed by atoms with Crippen LogP contribution in [0.25, 0.3) is 0 Å². The maximum atomic E-state index is 12.5. The molecule has 0 spiro atoms. The molecule has 22 heavy (non-hydrogen) atoms. The molecular formula is C19H27NO2. The van der Waals surface area contributed by atoms with Crippen molar-refractivity contribution in [1.82, 2.24) is 4.90 Å². The van der Waals surface area contributed by atoms with E-state index in [0.717, 1.165) is 38.1 Å². The van der Waals surface area contributed by atoms with Gasteiger partial charge in [0.05, 0.1) is 13.0 Å². The average Bonchev–Trinajstić information content (AvgIpc) is 2.52. The molecule has 1 aromatic rings. The summed E-state index contributed by atoms with van der Waals surface area (Å²) < 4.78 is 5.52. The minimum Gasteiger partial charge on any atom is -0.377 e. The standard InChI is InChI=1S/C19H27NO2/c1-4-11-22-14-17-7-9-20(10-8-17)19(21)13-18-12-15(2)5-6-16(18)3/h4-6,12,17H,1,7-11,13-14H2,2-3H3. The molecule has 120 valence electrons. The maximum Gasteiger partial charge on any atom is 0.226 e. The van der Waals surface area contributed by atoms with Crippen LogP contribution >= 0.6 is 0 Å². The minimum absolute atomic E-state index is 0.249. The highest BCUT2D eigenvalue weighted by Crippen LogP contribution is 2.19. The first-order valence-electron chi connectivity index (χ1n) is 8.12. The molecule has 0 unspecified atom stereocenters. The van der Waals surface area contributed by atoms with Gasteiger partial charge >= 0.3 is 0 Å². The molecule has 0 bridgehead atoms. The Balaban J connectivity index is 1.82. The lowest BCUT2D eigenvalue weighted by Crippen LogP contribution is -2.40. The lowest BCUT2D eigenvalue weighted by atomic mass is 9.96. The highest BCUT2D eigenvalue weighted by Gasteiger charge is 2.23. The fourth-order valence-corrected chi connectivity index (χ4v) is 2.93. The first-order chi connectivity index (χ1) is 10.6. The van der Waals surface area contributed by atoms with E-state index >= 15 is 0 Å². The van der Waals surface area contributed by atoms with Crippen LogP contribution in [0.5, 0.6) is 0 Å². The van der Waals surface area contributed by atoms with Crippen molar-refractivity contribution in [3.63, 3.8) is 0 Å². The summed E-state index contributed by atoms with van der Waals surface area (Å²) in [4.78, 5) is 14.5. The summed E-state index contributed by atoms with van der Waals surface area (Å²) in [5.74, 6) is 0.823. The van der Waals surface area contributed by atoms with Crippen molar-refractivity contribution in [3.8, 4) is 0 Å². The van der Waals surface area contributed by atoms with Crippen LogP contribution in [0.15, 0.2) is 30.9 Å². The molecule has 1 aliphatic rings. The lowest BCUT2D eigenvalue weighted by Gasteiger charge is -2.32. The third-order valence-electron chi connectivity index (χ3n) is 4.40. The average molecular weight is 301 g/mol. The number of hydrogen-bond donors (Lipinski definition) is 0. The normalized spacial score (nSPS) is 15.8. The fourth-order valence-electron chi connectivity index (χ4n) is 2.93. The molecule has 1 aromatic carbocycles. The number of ether oxygens (including phenoxy) is 1. The van der Waals surface area contributed by atoms with Crippen molar-refractivity contribution in [2.45, 2.75) is 33.1 Å². The monoisotopic (exact) mass is 301 g/mol. The zero-order valence-electron chi connectivity index (χ0n) is 13.8. The van der Waals surface area contributed by atoms with Crippen LogP contribution in [0, 0.1) is 19.8 Å². The highest BCUT2D eigenvalue weighted by molar-refractivity contribution is 5.79. The molecule has 1 fully saturated rings. The summed E-state index contributed by atoms with van der Waals surface area (Å²) in [6, 6.07) is 6.32. The molecule has 0 aromatic heterocycles. The Bertz CT molecular complexity index is 516. The topological polar surface area (TPSA) is 29.5 Å². The molecule has 0 atom stereocenters. The summed E-state index contributed by atoms with van der Waals surface area (Å²) in [7, 11) is 0. The van der Waals surface area contributed by atoms with Crippen molar-refractivity contribution in [3.05, 3.63) is 47.5 Å². The van der Waals surface area contributed by atoms with Gasteiger partial charge in [-0.2, -0.15) is 0 Å². The lowest BCUT2D eigenvalue weighted by molar-refractivity contribution is -0.132. The zero-order chi connectivity index (χ0) is 15.9. The van der Waals surface area contributed by atoms with Crippen LogP contribution in [0.2, 0.25) is 0 Å². The van der Waals surface area contributed by atoms with Crippen molar-refractivity contribution in [1.29, 1.82) is 0 Å². The number of likely N-dealkylation sites (tertiary alicyclic amines) is 1. The second-order valence-corrected chi connectivity index (χ2v) is 6.26. The van der Waals surface area contributed by atoms with Gasteiger partial charge in [0.1, 0.15) is 0 Å². The van der Waals surface area contributed by atoms with E-state index in [1.54, 1.807) is 6.08 Å². The summed E-state index contributed by atoms with van der Waals surface area (Å²) >= 11 is 0. The Kier molecular flexibility index (Phi) is 6.20. The van der Waals surface area contributed by atoms with E-state index in [-0.39, 0.29) is 5.91 Å². The minimum atomic E-state index is 0.249. The highest BCUT2D eigenvalue weighted by atomic mass is 16.5. The Morgan fingerprint density at radius 1 is 1.36 bits per heavy atom. The van der Waals surface area contributed by atoms with E-state index in [2.05, 4.69) is 38.6 Å². The van der Waals surface area contributed by atoms with Gasteiger partial charge in [0.2, 0.25) is 5.91 Å². The summed E-state index contributed by atoms with van der Waals surface area (Å²) in [6.45, 7) is 10.9. The third-order valence-corrected chi connectivity index (χ3v) is 4.40. The summed E-state index contributed by atoms with van der Waals surface area (Å²) in [5, 5.41) is 0. The van der Waals surface area contributed by atoms with E-state index in [4.69, 9.17) is 4.74 Å². The number of amides is 1. The SMILES string of the molecule is C=CCOCC1CCN(C(=O)Cc2cc(C)ccc2C)CC1. The number of carbonyl (C=O) groups excluding carboxylic acids is 1. The Labute approximate surface area is 134 Å². The number of nitrogens with zero attached hydrogens (tertiary/aromatic N) is 1. The van der Waals surface area contributed by atoms with Crippen LogP contribution in [0.3, 0.4) is 0 Å². The Morgan fingerprint density at radius 3 is 2.77 bits per heavy atom. The molecule has 1 heterocycles. The van der Waals surface area contributed by atoms with E-state index in [1.807, 2.05) is 4.90 Å². The van der Waals surface area contributed by atoms with Gasteiger partial charge in [-0.1, -0.05) is 29.8 Å². The third kappa shape index (κ3) is 4.70. The van der Waals surface area contributed by atoms with Gasteiger partial charge in [0.25, 0.3) is 0 Å². The molecule has 0 saturated carbocycles. The number of benzene rings is 1. The molecule has 1 amide bonds. The second kappa shape index (κ2) is 8.14. The van der Waals surface area contributed by atoms with Crippen LogP contribution < -0.4 is 0 Å². The number of rotatable bonds is 6. The van der Waals surface area contributed by atoms with Gasteiger partial charge in [0.15, 0.2) is 0 Å². The van der Waals surface area contributed by atoms with Gasteiger partial charge in [0, 0.05) is 19.7 Å². The smallest absolute Gasteiger partial charge is 0.226 e. The van der Waals surface area contributed by atoms with E-state index in [0.29, 0.717) is 18.9 Å². The summed E-state index contributed by atoms with van der Waals surface area (Å²) in [6.07, 6.45) is 4.37. The summed E-state index contributed by atoms with van der Waals surface area (Å²) in [5.41, 5.74) is 3.57. The molecule has 0 radical (unpaired) electrons. The first kappa shape index (κ1) is 16.8. The molecule has 1 aliphatic heterocycles. The van der Waals surface area contributed by atoms with E-state index in [1.165, 1.54) is 11.1 Å². The van der Waals surface area contributed by atoms with Crippen molar-refractivity contribution >= 4 is 5.91 Å². The molecule has 1 saturated heterocycles. The van der Waals surface area contributed by atoms with E-state index in [9.17, 15) is 4.79 Å². The predicted molar refractivity (Wildman–Crippen MR) is 89.9 cm³/mol. The number of piperidine rings is 1. The van der Waals surface area contributed by atoms with Crippen LogP contribution in [0.4, 0.5) is 0 Å². The molecule has 0 N–H and O–H groups in total. The van der Waals surface area contributed by atoms with Crippen molar-refractivity contribution in [2.24, 2.45) is 5.92 Å². The van der Waals surface area contributed by atoms with Crippen LogP contribution in [0.1, 0.15) is 29.5 Å². The van der Waals surface area contributed by atoms with Gasteiger partial charge in [-0.05, 0) is 43.7 Å². The largest absolute Gasteiger partial charge is 0.377 e. The number of aryl methyl sites for hydroxylation is 2. The van der Waals surface area contributed by atoms with Gasteiger partial charge < -0.3 is 9.64 Å². The molecule has 2 rings (SSSR count). The van der Waals surface area contributed by atoms with Gasteiger partial charge in [-0.25, -0.2) is 0 Å². The molecule has 3 heteroatoms. The maximum absolute atomic E-state index is 12.5. The van der Waals surface area contributed by atoms with Crippen LogP contribution in [-0.2, 0) is 16.0 Å². The quantitative estimate of drug-likeness (QED) is 0.596. The molecule has 3 nitrogen and oxygen atoms in total. The predicted octanol–water partition coefficient (Wildman–Crippen LogP) is 3.29. The van der Waals surface area contributed by atoms with E-state index < -0.39 is 0 Å². The zero-order valence-corrected chi connectivity index (χ0v) is 13.8. The van der Waals surface area contributed by atoms with Crippen molar-refractivity contribution in [2.75, 3.05) is 26.3 Å². The fraction of sp³-hybridized carbons (Fsp3) is 0.526. The Hall–Kier alpha value is -1.61. The van der Waals surface area contributed by atoms with Crippen molar-refractivity contribution < 1.29 is 9.53 Å². The molecular weight excluding hydrogens is 274 g/mol. The van der Waals surface area contributed by atoms with Gasteiger partial charge in [-0.3, -0.25) is 4.79 Å². The van der Waals surface area contributed by atoms with Gasteiger partial charge in [-0.15, -0.1) is 6.58 Å². The number of carbonyl (C=O) groups is 1. The van der Waals surface area contributed by atoms with Crippen LogP contribution in [-0.4, -0.2) is 37.1 Å². The number of hydrogen-bond acceptors (Lipinski definition) is 2. The first-order valence-corrected chi connectivity index (χ1v) is 8.12. The Morgan fingerprint density at radius 2 is 2.09 bits per heavy atom.